The lowest BCUT2D eigenvalue weighted by Gasteiger charge is -2.04. The van der Waals surface area contributed by atoms with Gasteiger partial charge in [0.15, 0.2) is 5.03 Å². The third-order valence-electron chi connectivity index (χ3n) is 3.09. The van der Waals surface area contributed by atoms with Crippen molar-refractivity contribution < 1.29 is 8.42 Å². The summed E-state index contributed by atoms with van der Waals surface area (Å²) >= 11 is 0. The molecule has 0 unspecified atom stereocenters. The summed E-state index contributed by atoms with van der Waals surface area (Å²) in [6.07, 6.45) is 12.3. The second-order valence-corrected chi connectivity index (χ2v) is 6.52. The number of imidazole rings is 1. The maximum atomic E-state index is 11.7. The fraction of sp³-hybridized carbons (Fsp3) is 0.769. The minimum atomic E-state index is -3.39. The van der Waals surface area contributed by atoms with Gasteiger partial charge in [-0.1, -0.05) is 51.9 Å². The zero-order valence-electron chi connectivity index (χ0n) is 11.7. The molecular weight excluding hydrogens is 262 g/mol. The van der Waals surface area contributed by atoms with Crippen LogP contribution in [0.3, 0.4) is 0 Å². The third-order valence-corrected chi connectivity index (χ3v) is 4.47. The van der Waals surface area contributed by atoms with Gasteiger partial charge < -0.3 is 4.98 Å². The van der Waals surface area contributed by atoms with Crippen molar-refractivity contribution in [1.29, 1.82) is 0 Å². The molecule has 0 aliphatic carbocycles. The average molecular weight is 287 g/mol. The van der Waals surface area contributed by atoms with Gasteiger partial charge in [0.05, 0.1) is 12.5 Å². The van der Waals surface area contributed by atoms with Crippen molar-refractivity contribution in [2.24, 2.45) is 0 Å². The molecular formula is C13H25N3O2S. The van der Waals surface area contributed by atoms with Crippen LogP contribution in [0.4, 0.5) is 0 Å². The Hall–Kier alpha value is -0.880. The summed E-state index contributed by atoms with van der Waals surface area (Å²) in [5.41, 5.74) is 0. The molecule has 0 radical (unpaired) electrons. The zero-order valence-corrected chi connectivity index (χ0v) is 12.5. The summed E-state index contributed by atoms with van der Waals surface area (Å²) in [6.45, 7) is 2.71. The molecule has 0 aromatic carbocycles. The Morgan fingerprint density at radius 2 is 1.74 bits per heavy atom. The van der Waals surface area contributed by atoms with Gasteiger partial charge in [-0.3, -0.25) is 0 Å². The lowest BCUT2D eigenvalue weighted by molar-refractivity contribution is 0.557. The predicted octanol–water partition coefficient (Wildman–Crippen LogP) is 2.83. The number of nitrogens with zero attached hydrogens (tertiary/aromatic N) is 1. The lowest BCUT2D eigenvalue weighted by atomic mass is 10.1. The third kappa shape index (κ3) is 6.73. The van der Waals surface area contributed by atoms with Crippen LogP contribution in [0.15, 0.2) is 17.6 Å². The van der Waals surface area contributed by atoms with Gasteiger partial charge in [0, 0.05) is 6.54 Å². The van der Waals surface area contributed by atoms with Crippen LogP contribution < -0.4 is 4.72 Å². The molecule has 0 saturated heterocycles. The van der Waals surface area contributed by atoms with E-state index in [-0.39, 0.29) is 5.03 Å². The highest BCUT2D eigenvalue weighted by Crippen LogP contribution is 2.08. The van der Waals surface area contributed by atoms with E-state index in [0.29, 0.717) is 6.54 Å². The van der Waals surface area contributed by atoms with E-state index in [1.165, 1.54) is 51.0 Å². The first kappa shape index (κ1) is 16.2. The molecule has 1 aromatic heterocycles. The number of H-pyrrole nitrogens is 1. The van der Waals surface area contributed by atoms with Gasteiger partial charge in [-0.25, -0.2) is 18.1 Å². The first-order valence-corrected chi connectivity index (χ1v) is 8.63. The van der Waals surface area contributed by atoms with Crippen molar-refractivity contribution in [3.8, 4) is 0 Å². The molecule has 0 spiro atoms. The standard InChI is InChI=1S/C13H25N3O2S/c1-2-3-4-5-6-7-8-9-10-16-19(17,18)13-11-14-12-15-13/h11-12,16H,2-10H2,1H3,(H,14,15). The van der Waals surface area contributed by atoms with Gasteiger partial charge in [-0.15, -0.1) is 0 Å². The molecule has 1 rings (SSSR count). The summed E-state index contributed by atoms with van der Waals surface area (Å²) in [4.78, 5) is 6.30. The fourth-order valence-electron chi connectivity index (χ4n) is 1.93. The molecule has 0 aliphatic heterocycles. The van der Waals surface area contributed by atoms with Gasteiger partial charge in [0.2, 0.25) is 0 Å². The molecule has 0 amide bonds. The van der Waals surface area contributed by atoms with E-state index in [1.54, 1.807) is 0 Å². The summed E-state index contributed by atoms with van der Waals surface area (Å²) in [5, 5.41) is 0.132. The lowest BCUT2D eigenvalue weighted by Crippen LogP contribution is -2.25. The SMILES string of the molecule is CCCCCCCCCCNS(=O)(=O)c1cnc[nH]1. The number of rotatable bonds is 11. The molecule has 2 N–H and O–H groups in total. The average Bonchev–Trinajstić information content (AvgIpc) is 2.91. The molecule has 19 heavy (non-hydrogen) atoms. The molecule has 0 fully saturated rings. The first-order chi connectivity index (χ1) is 9.17. The minimum absolute atomic E-state index is 0.132. The van der Waals surface area contributed by atoms with Crippen LogP contribution in [0.2, 0.25) is 0 Å². The van der Waals surface area contributed by atoms with Crippen molar-refractivity contribution in [2.45, 2.75) is 63.3 Å². The van der Waals surface area contributed by atoms with Crippen LogP contribution in [0.1, 0.15) is 58.3 Å². The summed E-state index contributed by atoms with van der Waals surface area (Å²) in [7, 11) is -3.39. The van der Waals surface area contributed by atoms with Crippen molar-refractivity contribution in [3.05, 3.63) is 12.5 Å². The number of aromatic nitrogens is 2. The highest BCUT2D eigenvalue weighted by Gasteiger charge is 2.13. The molecule has 0 saturated carbocycles. The van der Waals surface area contributed by atoms with E-state index in [9.17, 15) is 8.42 Å². The van der Waals surface area contributed by atoms with Crippen molar-refractivity contribution in [2.75, 3.05) is 6.54 Å². The Morgan fingerprint density at radius 1 is 1.11 bits per heavy atom. The Labute approximate surface area is 116 Å². The fourth-order valence-corrected chi connectivity index (χ4v) is 2.91. The molecule has 6 heteroatoms. The highest BCUT2D eigenvalue weighted by atomic mass is 32.2. The first-order valence-electron chi connectivity index (χ1n) is 7.15. The molecule has 110 valence electrons. The molecule has 5 nitrogen and oxygen atoms in total. The highest BCUT2D eigenvalue weighted by molar-refractivity contribution is 7.89. The van der Waals surface area contributed by atoms with Crippen LogP contribution in [0.5, 0.6) is 0 Å². The predicted molar refractivity (Wildman–Crippen MR) is 76.4 cm³/mol. The molecule has 0 bridgehead atoms. The van der Waals surface area contributed by atoms with Gasteiger partial charge in [0.25, 0.3) is 10.0 Å². The Morgan fingerprint density at radius 3 is 2.32 bits per heavy atom. The maximum absolute atomic E-state index is 11.7. The number of sulfonamides is 1. The second-order valence-electron chi connectivity index (χ2n) is 4.79. The quantitative estimate of drug-likeness (QED) is 0.614. The van der Waals surface area contributed by atoms with Gasteiger partial charge in [-0.2, -0.15) is 0 Å². The Balaban J connectivity index is 2.02. The van der Waals surface area contributed by atoms with E-state index in [1.807, 2.05) is 0 Å². The summed E-state index contributed by atoms with van der Waals surface area (Å²) in [6, 6.07) is 0. The van der Waals surface area contributed by atoms with Crippen molar-refractivity contribution >= 4 is 10.0 Å². The van der Waals surface area contributed by atoms with Crippen LogP contribution >= 0.6 is 0 Å². The zero-order chi connectivity index (χ0) is 14.0. The summed E-state index contributed by atoms with van der Waals surface area (Å²) in [5.74, 6) is 0. The van der Waals surface area contributed by atoms with Gasteiger partial charge in [0.1, 0.15) is 0 Å². The topological polar surface area (TPSA) is 74.8 Å². The normalized spacial score (nSPS) is 11.8. The second kappa shape index (κ2) is 9.09. The van der Waals surface area contributed by atoms with E-state index >= 15 is 0 Å². The molecule has 1 heterocycles. The molecule has 0 aliphatic rings. The number of hydrogen-bond donors (Lipinski definition) is 2. The number of unbranched alkanes of at least 4 members (excludes halogenated alkanes) is 7. The van der Waals surface area contributed by atoms with E-state index in [2.05, 4.69) is 21.6 Å². The van der Waals surface area contributed by atoms with E-state index in [0.717, 1.165) is 12.8 Å². The monoisotopic (exact) mass is 287 g/mol. The number of aromatic amines is 1. The van der Waals surface area contributed by atoms with Gasteiger partial charge >= 0.3 is 0 Å². The number of nitrogens with one attached hydrogen (secondary N) is 2. The maximum Gasteiger partial charge on any atom is 0.257 e. The van der Waals surface area contributed by atoms with E-state index in [4.69, 9.17) is 0 Å². The van der Waals surface area contributed by atoms with Crippen LogP contribution in [-0.2, 0) is 10.0 Å². The molecule has 0 atom stereocenters. The van der Waals surface area contributed by atoms with Crippen LogP contribution in [0.25, 0.3) is 0 Å². The summed E-state index contributed by atoms with van der Waals surface area (Å²) < 4.78 is 26.0. The van der Waals surface area contributed by atoms with Crippen LogP contribution in [0, 0.1) is 0 Å². The van der Waals surface area contributed by atoms with Crippen molar-refractivity contribution in [3.63, 3.8) is 0 Å². The Kier molecular flexibility index (Phi) is 7.74. The smallest absolute Gasteiger partial charge is 0.257 e. The largest absolute Gasteiger partial charge is 0.335 e. The van der Waals surface area contributed by atoms with Crippen LogP contribution in [-0.4, -0.2) is 24.9 Å². The van der Waals surface area contributed by atoms with E-state index < -0.39 is 10.0 Å². The molecule has 1 aromatic rings. The Bertz CT molecular complexity index is 415. The minimum Gasteiger partial charge on any atom is -0.335 e. The number of hydrogen-bond acceptors (Lipinski definition) is 3. The van der Waals surface area contributed by atoms with Crippen molar-refractivity contribution in [1.82, 2.24) is 14.7 Å². The van der Waals surface area contributed by atoms with Gasteiger partial charge in [-0.05, 0) is 6.42 Å².